The molecule has 1 aliphatic heterocycles. The number of anilines is 3. The summed E-state index contributed by atoms with van der Waals surface area (Å²) >= 11 is 0. The van der Waals surface area contributed by atoms with Crippen molar-refractivity contribution in [3.05, 3.63) is 48.3 Å². The minimum Gasteiger partial charge on any atom is -0.378 e. The van der Waals surface area contributed by atoms with Gasteiger partial charge >= 0.3 is 0 Å². The fourth-order valence-electron chi connectivity index (χ4n) is 2.95. The molecule has 3 aromatic rings. The van der Waals surface area contributed by atoms with Crippen LogP contribution in [0.2, 0.25) is 0 Å². The van der Waals surface area contributed by atoms with Crippen LogP contribution in [0, 0.1) is 6.92 Å². The highest BCUT2D eigenvalue weighted by Crippen LogP contribution is 2.25. The summed E-state index contributed by atoms with van der Waals surface area (Å²) in [5.74, 6) is 0.555. The summed E-state index contributed by atoms with van der Waals surface area (Å²) in [6.07, 6.45) is 3.52. The number of pyridine rings is 1. The van der Waals surface area contributed by atoms with Gasteiger partial charge in [0, 0.05) is 42.2 Å². The number of ether oxygens (including phenoxy) is 1. The summed E-state index contributed by atoms with van der Waals surface area (Å²) < 4.78 is 5.42. The summed E-state index contributed by atoms with van der Waals surface area (Å²) in [6.45, 7) is 5.58. The quantitative estimate of drug-likeness (QED) is 0.800. The van der Waals surface area contributed by atoms with E-state index >= 15 is 0 Å². The number of morpholine rings is 1. The van der Waals surface area contributed by atoms with Crippen molar-refractivity contribution in [3.63, 3.8) is 0 Å². The van der Waals surface area contributed by atoms with E-state index in [0.717, 1.165) is 37.4 Å². The van der Waals surface area contributed by atoms with Gasteiger partial charge in [0.1, 0.15) is 0 Å². The van der Waals surface area contributed by atoms with Crippen molar-refractivity contribution >= 4 is 28.4 Å². The van der Waals surface area contributed by atoms with Crippen molar-refractivity contribution in [1.29, 1.82) is 0 Å². The van der Waals surface area contributed by atoms with E-state index in [0.29, 0.717) is 11.6 Å². The first kappa shape index (κ1) is 14.8. The lowest BCUT2D eigenvalue weighted by Gasteiger charge is -2.30. The summed E-state index contributed by atoms with van der Waals surface area (Å²) in [4.78, 5) is 15.4. The number of aromatic nitrogens is 3. The van der Waals surface area contributed by atoms with Gasteiger partial charge in [-0.15, -0.1) is 0 Å². The molecule has 24 heavy (non-hydrogen) atoms. The maximum Gasteiger partial charge on any atom is 0.229 e. The highest BCUT2D eigenvalue weighted by Gasteiger charge is 2.13. The zero-order chi connectivity index (χ0) is 16.4. The van der Waals surface area contributed by atoms with Crippen LogP contribution < -0.4 is 10.2 Å². The van der Waals surface area contributed by atoms with E-state index in [2.05, 4.69) is 50.3 Å². The minimum atomic E-state index is 0.555. The van der Waals surface area contributed by atoms with Crippen LogP contribution in [-0.2, 0) is 4.74 Å². The molecule has 1 aliphatic rings. The monoisotopic (exact) mass is 321 g/mol. The van der Waals surface area contributed by atoms with Gasteiger partial charge in [0.15, 0.2) is 5.65 Å². The average Bonchev–Trinajstić information content (AvgIpc) is 2.62. The van der Waals surface area contributed by atoms with Crippen molar-refractivity contribution in [3.8, 4) is 0 Å². The second kappa shape index (κ2) is 6.41. The predicted octanol–water partition coefficient (Wildman–Crippen LogP) is 2.91. The number of aryl methyl sites for hydroxylation is 1. The topological polar surface area (TPSA) is 63.2 Å². The van der Waals surface area contributed by atoms with E-state index in [9.17, 15) is 0 Å². The normalized spacial score (nSPS) is 14.8. The third-order valence-corrected chi connectivity index (χ3v) is 4.16. The third kappa shape index (κ3) is 3.00. The minimum absolute atomic E-state index is 0.555. The Bertz CT molecular complexity index is 861. The smallest absolute Gasteiger partial charge is 0.229 e. The van der Waals surface area contributed by atoms with Gasteiger partial charge in [-0.05, 0) is 42.8 Å². The molecule has 1 aromatic carbocycles. The van der Waals surface area contributed by atoms with Crippen LogP contribution in [-0.4, -0.2) is 41.3 Å². The van der Waals surface area contributed by atoms with E-state index in [4.69, 9.17) is 4.74 Å². The molecular formula is C18H19N5O. The Morgan fingerprint density at radius 3 is 2.83 bits per heavy atom. The average molecular weight is 321 g/mol. The molecule has 6 heteroatoms. The zero-order valence-corrected chi connectivity index (χ0v) is 13.6. The van der Waals surface area contributed by atoms with E-state index in [-0.39, 0.29) is 0 Å². The molecule has 4 rings (SSSR count). The maximum atomic E-state index is 5.42. The SMILES string of the molecule is Cc1cc(Nc2ncc3cccnc3n2)ccc1N1CCOCC1. The van der Waals surface area contributed by atoms with Crippen LogP contribution in [0.1, 0.15) is 5.56 Å². The van der Waals surface area contributed by atoms with Gasteiger partial charge in [0.05, 0.1) is 13.2 Å². The molecule has 0 spiro atoms. The first-order chi connectivity index (χ1) is 11.8. The van der Waals surface area contributed by atoms with Crippen LogP contribution in [0.25, 0.3) is 11.0 Å². The maximum absolute atomic E-state index is 5.42. The molecule has 1 N–H and O–H groups in total. The summed E-state index contributed by atoms with van der Waals surface area (Å²) in [7, 11) is 0. The van der Waals surface area contributed by atoms with Crippen molar-refractivity contribution in [1.82, 2.24) is 15.0 Å². The Morgan fingerprint density at radius 1 is 1.12 bits per heavy atom. The first-order valence-electron chi connectivity index (χ1n) is 8.08. The third-order valence-electron chi connectivity index (χ3n) is 4.16. The molecule has 3 heterocycles. The Morgan fingerprint density at radius 2 is 2.00 bits per heavy atom. The fraction of sp³-hybridized carbons (Fsp3) is 0.278. The van der Waals surface area contributed by atoms with Gasteiger partial charge in [-0.25, -0.2) is 9.97 Å². The van der Waals surface area contributed by atoms with Gasteiger partial charge in [-0.3, -0.25) is 0 Å². The number of nitrogens with one attached hydrogen (secondary N) is 1. The molecule has 0 aliphatic carbocycles. The van der Waals surface area contributed by atoms with Crippen molar-refractivity contribution in [2.75, 3.05) is 36.5 Å². The molecule has 0 radical (unpaired) electrons. The number of nitrogens with zero attached hydrogens (tertiary/aromatic N) is 4. The van der Waals surface area contributed by atoms with Gasteiger partial charge in [-0.2, -0.15) is 4.98 Å². The van der Waals surface area contributed by atoms with Crippen LogP contribution >= 0.6 is 0 Å². The van der Waals surface area contributed by atoms with E-state index < -0.39 is 0 Å². The van der Waals surface area contributed by atoms with Crippen LogP contribution in [0.3, 0.4) is 0 Å². The standard InChI is InChI=1S/C18H19N5O/c1-13-11-15(4-5-16(13)23-7-9-24-10-8-23)21-18-20-12-14-3-2-6-19-17(14)22-18/h2-6,11-12H,7-10H2,1H3,(H,19,20,21,22). The lowest BCUT2D eigenvalue weighted by Crippen LogP contribution is -2.36. The first-order valence-corrected chi connectivity index (χ1v) is 8.08. The number of fused-ring (bicyclic) bond motifs is 1. The molecule has 6 nitrogen and oxygen atoms in total. The Labute approximate surface area is 140 Å². The van der Waals surface area contributed by atoms with E-state index in [1.165, 1.54) is 11.3 Å². The predicted molar refractivity (Wildman–Crippen MR) is 94.8 cm³/mol. The Kier molecular flexibility index (Phi) is 3.96. The summed E-state index contributed by atoms with van der Waals surface area (Å²) in [5.41, 5.74) is 4.14. The lowest BCUT2D eigenvalue weighted by atomic mass is 10.1. The number of hydrogen-bond acceptors (Lipinski definition) is 6. The molecule has 2 aromatic heterocycles. The molecular weight excluding hydrogens is 302 g/mol. The van der Waals surface area contributed by atoms with Crippen LogP contribution in [0.4, 0.5) is 17.3 Å². The van der Waals surface area contributed by atoms with E-state index in [1.807, 2.05) is 12.1 Å². The van der Waals surface area contributed by atoms with Gasteiger partial charge in [-0.1, -0.05) is 0 Å². The number of benzene rings is 1. The molecule has 1 fully saturated rings. The molecule has 0 amide bonds. The van der Waals surface area contributed by atoms with Crippen molar-refractivity contribution in [2.45, 2.75) is 6.92 Å². The second-order valence-electron chi connectivity index (χ2n) is 5.84. The lowest BCUT2D eigenvalue weighted by molar-refractivity contribution is 0.122. The molecule has 1 saturated heterocycles. The highest BCUT2D eigenvalue weighted by atomic mass is 16.5. The van der Waals surface area contributed by atoms with Gasteiger partial charge in [0.2, 0.25) is 5.95 Å². The molecule has 0 unspecified atom stereocenters. The fourth-order valence-corrected chi connectivity index (χ4v) is 2.95. The molecule has 0 saturated carbocycles. The van der Waals surface area contributed by atoms with E-state index in [1.54, 1.807) is 12.4 Å². The van der Waals surface area contributed by atoms with Crippen LogP contribution in [0.5, 0.6) is 0 Å². The Hall–Kier alpha value is -2.73. The largest absolute Gasteiger partial charge is 0.378 e. The summed E-state index contributed by atoms with van der Waals surface area (Å²) in [5, 5.41) is 4.19. The van der Waals surface area contributed by atoms with Gasteiger partial charge in [0.25, 0.3) is 0 Å². The molecule has 122 valence electrons. The van der Waals surface area contributed by atoms with Gasteiger partial charge < -0.3 is 15.0 Å². The Balaban J connectivity index is 1.56. The van der Waals surface area contributed by atoms with Crippen molar-refractivity contribution < 1.29 is 4.74 Å². The highest BCUT2D eigenvalue weighted by molar-refractivity contribution is 5.75. The summed E-state index contributed by atoms with van der Waals surface area (Å²) in [6, 6.07) is 10.2. The van der Waals surface area contributed by atoms with Crippen molar-refractivity contribution in [2.24, 2.45) is 0 Å². The number of rotatable bonds is 3. The second-order valence-corrected chi connectivity index (χ2v) is 5.84. The molecule has 0 bridgehead atoms. The zero-order valence-electron chi connectivity index (χ0n) is 13.6. The number of hydrogen-bond donors (Lipinski definition) is 1. The van der Waals surface area contributed by atoms with Crippen LogP contribution in [0.15, 0.2) is 42.7 Å². The molecule has 0 atom stereocenters.